The number of nitrogens with zero attached hydrogens (tertiary/aromatic N) is 1. The van der Waals surface area contributed by atoms with Crippen molar-refractivity contribution in [2.24, 2.45) is 0 Å². The van der Waals surface area contributed by atoms with Gasteiger partial charge in [-0.25, -0.2) is 0 Å². The minimum absolute atomic E-state index is 0. The Labute approximate surface area is 154 Å². The second kappa shape index (κ2) is 8.75. The summed E-state index contributed by atoms with van der Waals surface area (Å²) in [5.41, 5.74) is 1.91. The van der Waals surface area contributed by atoms with Gasteiger partial charge in [0.2, 0.25) is 0 Å². The second-order valence-electron chi connectivity index (χ2n) is 6.23. The predicted octanol–water partition coefficient (Wildman–Crippen LogP) is 3.54. The molecule has 4 nitrogen and oxygen atoms in total. The average Bonchev–Trinajstić information content (AvgIpc) is 3.25. The maximum Gasteiger partial charge on any atom is 0.313 e. The largest absolute Gasteiger partial charge is 0.464 e. The maximum absolute atomic E-state index is 12.2. The number of nitrogens with one attached hydrogen (secondary N) is 1. The molecule has 24 heavy (non-hydrogen) atoms. The van der Waals surface area contributed by atoms with Crippen molar-refractivity contribution >= 4 is 35.7 Å². The summed E-state index contributed by atoms with van der Waals surface area (Å²) in [5.74, 6) is -0.495. The van der Waals surface area contributed by atoms with Crippen LogP contribution in [0.2, 0.25) is 5.02 Å². The lowest BCUT2D eigenvalue weighted by atomic mass is 10.0. The molecular weight excluding hydrogens is 347 g/mol. The summed E-state index contributed by atoms with van der Waals surface area (Å²) < 4.78 is 5.45. The predicted molar refractivity (Wildman–Crippen MR) is 100 cm³/mol. The van der Waals surface area contributed by atoms with Crippen molar-refractivity contribution in [3.05, 3.63) is 40.9 Å². The van der Waals surface area contributed by atoms with Gasteiger partial charge in [-0.15, -0.1) is 12.4 Å². The van der Waals surface area contributed by atoms with Crippen molar-refractivity contribution in [2.45, 2.75) is 31.7 Å². The topological polar surface area (TPSA) is 41.6 Å². The van der Waals surface area contributed by atoms with E-state index in [-0.39, 0.29) is 24.3 Å². The van der Waals surface area contributed by atoms with Gasteiger partial charge >= 0.3 is 5.97 Å². The summed E-state index contributed by atoms with van der Waals surface area (Å²) >= 11 is 6.41. The van der Waals surface area contributed by atoms with Gasteiger partial charge in [-0.1, -0.05) is 29.8 Å². The van der Waals surface area contributed by atoms with Crippen LogP contribution in [-0.2, 0) is 9.53 Å². The lowest BCUT2D eigenvalue weighted by Crippen LogP contribution is -2.29. The molecule has 2 heterocycles. The summed E-state index contributed by atoms with van der Waals surface area (Å²) in [6.45, 7) is 5.10. The fraction of sp³-hybridized carbons (Fsp3) is 0.500. The fourth-order valence-corrected chi connectivity index (χ4v) is 3.38. The van der Waals surface area contributed by atoms with Crippen LogP contribution in [0.4, 0.5) is 5.69 Å². The number of esters is 1. The van der Waals surface area contributed by atoms with E-state index in [2.05, 4.69) is 22.4 Å². The zero-order valence-corrected chi connectivity index (χ0v) is 15.4. The van der Waals surface area contributed by atoms with Crippen LogP contribution >= 0.6 is 24.0 Å². The Morgan fingerprint density at radius 2 is 2.17 bits per heavy atom. The molecule has 0 aromatic heterocycles. The van der Waals surface area contributed by atoms with Gasteiger partial charge in [-0.3, -0.25) is 4.79 Å². The van der Waals surface area contributed by atoms with Crippen molar-refractivity contribution in [1.82, 2.24) is 5.32 Å². The van der Waals surface area contributed by atoms with Crippen LogP contribution in [0.5, 0.6) is 0 Å². The number of carbonyl (C=O) groups is 1. The average molecular weight is 371 g/mol. The number of rotatable bonds is 5. The highest BCUT2D eigenvalue weighted by atomic mass is 35.5. The first kappa shape index (κ1) is 19.1. The van der Waals surface area contributed by atoms with Crippen molar-refractivity contribution in [1.29, 1.82) is 0 Å². The van der Waals surface area contributed by atoms with Crippen LogP contribution in [0.15, 0.2) is 30.4 Å². The van der Waals surface area contributed by atoms with Crippen molar-refractivity contribution < 1.29 is 9.53 Å². The highest BCUT2D eigenvalue weighted by molar-refractivity contribution is 6.33. The molecule has 132 valence electrons. The summed E-state index contributed by atoms with van der Waals surface area (Å²) in [6, 6.07) is 6.15. The van der Waals surface area contributed by atoms with Crippen LogP contribution in [0, 0.1) is 0 Å². The minimum atomic E-state index is -0.306. The summed E-state index contributed by atoms with van der Waals surface area (Å²) in [7, 11) is 0. The van der Waals surface area contributed by atoms with Gasteiger partial charge in [0.05, 0.1) is 16.6 Å². The number of anilines is 1. The third-order valence-corrected chi connectivity index (χ3v) is 4.88. The molecular formula is C18H24Cl2N2O2. The number of hydrogen-bond acceptors (Lipinski definition) is 4. The van der Waals surface area contributed by atoms with Gasteiger partial charge < -0.3 is 15.0 Å². The SMILES string of the molecule is CC(C(=O)OCC1CCCN1)c1ccc(N2CC=CC2)c(Cl)c1.Cl. The van der Waals surface area contributed by atoms with E-state index < -0.39 is 0 Å². The Morgan fingerprint density at radius 3 is 2.79 bits per heavy atom. The smallest absolute Gasteiger partial charge is 0.313 e. The number of ether oxygens (including phenoxy) is 1. The molecule has 0 amide bonds. The molecule has 0 bridgehead atoms. The van der Waals surface area contributed by atoms with Gasteiger partial charge in [-0.05, 0) is 44.0 Å². The van der Waals surface area contributed by atoms with Crippen molar-refractivity contribution in [3.63, 3.8) is 0 Å². The van der Waals surface area contributed by atoms with E-state index in [1.165, 1.54) is 0 Å². The summed E-state index contributed by atoms with van der Waals surface area (Å²) in [5, 5.41) is 4.01. The number of benzene rings is 1. The van der Waals surface area contributed by atoms with Gasteiger partial charge in [0.1, 0.15) is 6.61 Å². The third kappa shape index (κ3) is 4.44. The Balaban J connectivity index is 0.00000208. The molecule has 1 N–H and O–H groups in total. The molecule has 2 atom stereocenters. The Kier molecular flexibility index (Phi) is 6.96. The number of halogens is 2. The van der Waals surface area contributed by atoms with Gasteiger partial charge in [0, 0.05) is 19.1 Å². The number of carbonyl (C=O) groups excluding carboxylic acids is 1. The molecule has 2 aliphatic rings. The zero-order valence-electron chi connectivity index (χ0n) is 13.8. The van der Waals surface area contributed by atoms with Gasteiger partial charge in [0.25, 0.3) is 0 Å². The lowest BCUT2D eigenvalue weighted by molar-refractivity contribution is -0.145. The first-order valence-electron chi connectivity index (χ1n) is 8.24. The van der Waals surface area contributed by atoms with Crippen LogP contribution in [0.25, 0.3) is 0 Å². The Hall–Kier alpha value is -1.23. The summed E-state index contributed by atoms with van der Waals surface area (Å²) in [4.78, 5) is 14.4. The second-order valence-corrected chi connectivity index (χ2v) is 6.64. The normalized spacial score (nSPS) is 20.8. The molecule has 2 aliphatic heterocycles. The first-order valence-corrected chi connectivity index (χ1v) is 8.62. The highest BCUT2D eigenvalue weighted by Crippen LogP contribution is 2.31. The van der Waals surface area contributed by atoms with E-state index in [0.29, 0.717) is 17.7 Å². The molecule has 0 spiro atoms. The van der Waals surface area contributed by atoms with Crippen LogP contribution < -0.4 is 10.2 Å². The summed E-state index contributed by atoms with van der Waals surface area (Å²) in [6.07, 6.45) is 6.48. The molecule has 1 fully saturated rings. The van der Waals surface area contributed by atoms with Gasteiger partial charge in [0.15, 0.2) is 0 Å². The van der Waals surface area contributed by atoms with Crippen LogP contribution in [0.3, 0.4) is 0 Å². The standard InChI is InChI=1S/C18H23ClN2O2.ClH/c1-13(18(22)23-12-15-5-4-8-20-15)14-6-7-17(16(19)11-14)21-9-2-3-10-21;/h2-3,6-7,11,13,15,20H,4-5,8-10,12H2,1H3;1H. The molecule has 1 aromatic rings. The fourth-order valence-electron chi connectivity index (χ4n) is 3.07. The van der Waals surface area contributed by atoms with E-state index in [1.54, 1.807) is 0 Å². The maximum atomic E-state index is 12.2. The van der Waals surface area contributed by atoms with E-state index >= 15 is 0 Å². The highest BCUT2D eigenvalue weighted by Gasteiger charge is 2.22. The molecule has 6 heteroatoms. The molecule has 1 saturated heterocycles. The molecule has 2 unspecified atom stereocenters. The van der Waals surface area contributed by atoms with Crippen LogP contribution in [0.1, 0.15) is 31.2 Å². The third-order valence-electron chi connectivity index (χ3n) is 4.57. The van der Waals surface area contributed by atoms with Crippen LogP contribution in [-0.4, -0.2) is 38.3 Å². The lowest BCUT2D eigenvalue weighted by Gasteiger charge is -2.21. The zero-order chi connectivity index (χ0) is 16.2. The van der Waals surface area contributed by atoms with Crippen molar-refractivity contribution in [3.8, 4) is 0 Å². The Bertz CT molecular complexity index is 593. The number of hydrogen-bond donors (Lipinski definition) is 1. The van der Waals surface area contributed by atoms with Crippen molar-refractivity contribution in [2.75, 3.05) is 31.1 Å². The molecule has 0 radical (unpaired) electrons. The minimum Gasteiger partial charge on any atom is -0.464 e. The van der Waals surface area contributed by atoms with E-state index in [1.807, 2.05) is 25.1 Å². The molecule has 3 rings (SSSR count). The first-order chi connectivity index (χ1) is 11.1. The molecule has 1 aromatic carbocycles. The Morgan fingerprint density at radius 1 is 1.42 bits per heavy atom. The van der Waals surface area contributed by atoms with Gasteiger partial charge in [-0.2, -0.15) is 0 Å². The molecule has 0 aliphatic carbocycles. The van der Waals surface area contributed by atoms with E-state index in [0.717, 1.165) is 43.7 Å². The quantitative estimate of drug-likeness (QED) is 0.635. The van der Waals surface area contributed by atoms with E-state index in [4.69, 9.17) is 16.3 Å². The molecule has 0 saturated carbocycles. The van der Waals surface area contributed by atoms with E-state index in [9.17, 15) is 4.79 Å². The monoisotopic (exact) mass is 370 g/mol.